The van der Waals surface area contributed by atoms with Crippen LogP contribution < -0.4 is 5.73 Å². The average Bonchev–Trinajstić information content (AvgIpc) is 2.31. The van der Waals surface area contributed by atoms with Gasteiger partial charge in [-0.3, -0.25) is 0 Å². The Morgan fingerprint density at radius 2 is 2.60 bits per heavy atom. The van der Waals surface area contributed by atoms with E-state index in [1.165, 1.54) is 13.3 Å². The molecule has 0 aliphatic carbocycles. The van der Waals surface area contributed by atoms with E-state index in [0.717, 1.165) is 11.5 Å². The highest BCUT2D eigenvalue weighted by Gasteiger charge is 1.94. The first-order chi connectivity index (χ1) is 4.83. The highest BCUT2D eigenvalue weighted by molar-refractivity contribution is 7.09. The van der Waals surface area contributed by atoms with Gasteiger partial charge in [-0.2, -0.15) is 9.36 Å². The lowest BCUT2D eigenvalue weighted by atomic mass is 10.7. The van der Waals surface area contributed by atoms with E-state index in [1.54, 1.807) is 0 Å². The number of anilines is 1. The maximum Gasteiger partial charge on any atom is 0.200 e. The minimum atomic E-state index is 0.428. The molecule has 0 bridgehead atoms. The van der Waals surface area contributed by atoms with Gasteiger partial charge in [-0.25, -0.2) is 0 Å². The average molecular weight is 158 g/mol. The maximum absolute atomic E-state index is 5.29. The van der Waals surface area contributed by atoms with Gasteiger partial charge in [0.05, 0.1) is 0 Å². The van der Waals surface area contributed by atoms with Crippen LogP contribution in [0.15, 0.2) is 5.16 Å². The zero-order valence-corrected chi connectivity index (χ0v) is 6.13. The SMILES string of the molecule is CO/N=C/c1nsc(N)n1. The molecule has 0 aliphatic rings. The molecule has 0 amide bonds. The number of oxime groups is 1. The molecule has 0 saturated heterocycles. The van der Waals surface area contributed by atoms with Gasteiger partial charge in [0.15, 0.2) is 11.0 Å². The molecule has 1 heterocycles. The van der Waals surface area contributed by atoms with Gasteiger partial charge < -0.3 is 10.6 Å². The Morgan fingerprint density at radius 3 is 3.10 bits per heavy atom. The van der Waals surface area contributed by atoms with Gasteiger partial charge in [0.25, 0.3) is 0 Å². The molecule has 0 unspecified atom stereocenters. The number of nitrogens with two attached hydrogens (primary N) is 1. The van der Waals surface area contributed by atoms with E-state index in [9.17, 15) is 0 Å². The van der Waals surface area contributed by atoms with Crippen LogP contribution in [0, 0.1) is 0 Å². The molecule has 1 aromatic rings. The molecule has 0 aromatic carbocycles. The third-order valence-corrected chi connectivity index (χ3v) is 1.29. The summed E-state index contributed by atoms with van der Waals surface area (Å²) in [5.41, 5.74) is 5.29. The number of nitrogens with zero attached hydrogens (tertiary/aromatic N) is 3. The van der Waals surface area contributed by atoms with E-state index in [4.69, 9.17) is 5.73 Å². The van der Waals surface area contributed by atoms with E-state index in [-0.39, 0.29) is 0 Å². The Bertz CT molecular complexity index is 233. The first-order valence-corrected chi connectivity index (χ1v) is 3.26. The monoisotopic (exact) mass is 158 g/mol. The summed E-state index contributed by atoms with van der Waals surface area (Å²) in [5, 5.41) is 3.88. The summed E-state index contributed by atoms with van der Waals surface area (Å²) in [6.07, 6.45) is 1.40. The molecule has 2 N–H and O–H groups in total. The van der Waals surface area contributed by atoms with E-state index in [0.29, 0.717) is 11.0 Å². The molecule has 1 aromatic heterocycles. The fraction of sp³-hybridized carbons (Fsp3) is 0.250. The summed E-state index contributed by atoms with van der Waals surface area (Å²) < 4.78 is 3.83. The van der Waals surface area contributed by atoms with Gasteiger partial charge in [0.2, 0.25) is 0 Å². The normalized spacial score (nSPS) is 10.5. The second kappa shape index (κ2) is 3.11. The molecule has 5 nitrogen and oxygen atoms in total. The van der Waals surface area contributed by atoms with Gasteiger partial charge >= 0.3 is 0 Å². The van der Waals surface area contributed by atoms with Crippen molar-refractivity contribution in [1.82, 2.24) is 9.36 Å². The molecule has 0 fully saturated rings. The Labute approximate surface area is 61.7 Å². The van der Waals surface area contributed by atoms with Crippen molar-refractivity contribution in [2.75, 3.05) is 12.8 Å². The maximum atomic E-state index is 5.29. The first-order valence-electron chi connectivity index (χ1n) is 2.48. The van der Waals surface area contributed by atoms with Crippen molar-refractivity contribution in [2.24, 2.45) is 5.16 Å². The molecule has 6 heteroatoms. The number of nitrogen functional groups attached to an aromatic ring is 1. The molecule has 0 aliphatic heterocycles. The number of hydrogen-bond donors (Lipinski definition) is 1. The number of rotatable bonds is 2. The van der Waals surface area contributed by atoms with Crippen LogP contribution in [0.4, 0.5) is 5.13 Å². The van der Waals surface area contributed by atoms with E-state index < -0.39 is 0 Å². The Balaban J connectivity index is 2.67. The van der Waals surface area contributed by atoms with Crippen LogP contribution in [0.5, 0.6) is 0 Å². The zero-order chi connectivity index (χ0) is 7.40. The van der Waals surface area contributed by atoms with Crippen molar-refractivity contribution >= 4 is 22.9 Å². The Kier molecular flexibility index (Phi) is 2.16. The third-order valence-electron chi connectivity index (χ3n) is 0.731. The summed E-state index contributed by atoms with van der Waals surface area (Å²) in [6.45, 7) is 0. The molecule has 1 rings (SSSR count). The molecule has 10 heavy (non-hydrogen) atoms. The molecular weight excluding hydrogens is 152 g/mol. The van der Waals surface area contributed by atoms with Crippen LogP contribution in [0.3, 0.4) is 0 Å². The number of aromatic nitrogens is 2. The molecule has 0 spiro atoms. The van der Waals surface area contributed by atoms with Crippen molar-refractivity contribution in [3.05, 3.63) is 5.82 Å². The van der Waals surface area contributed by atoms with Crippen molar-refractivity contribution in [3.63, 3.8) is 0 Å². The minimum absolute atomic E-state index is 0.428. The lowest BCUT2D eigenvalue weighted by Crippen LogP contribution is -1.86. The van der Waals surface area contributed by atoms with Gasteiger partial charge in [0.1, 0.15) is 13.3 Å². The second-order valence-electron chi connectivity index (χ2n) is 1.41. The molecule has 0 atom stereocenters. The van der Waals surface area contributed by atoms with Crippen LogP contribution in [0.1, 0.15) is 5.82 Å². The highest BCUT2D eigenvalue weighted by Crippen LogP contribution is 2.02. The van der Waals surface area contributed by atoms with E-state index in [1.807, 2.05) is 0 Å². The van der Waals surface area contributed by atoms with Crippen LogP contribution in [-0.4, -0.2) is 22.7 Å². The van der Waals surface area contributed by atoms with Gasteiger partial charge in [-0.05, 0) is 0 Å². The van der Waals surface area contributed by atoms with Gasteiger partial charge in [-0.15, -0.1) is 0 Å². The summed E-state index contributed by atoms with van der Waals surface area (Å²) in [5.74, 6) is 0.476. The topological polar surface area (TPSA) is 73.4 Å². The van der Waals surface area contributed by atoms with Crippen LogP contribution in [0.25, 0.3) is 0 Å². The van der Waals surface area contributed by atoms with Crippen molar-refractivity contribution in [1.29, 1.82) is 0 Å². The molecular formula is C4H6N4OS. The second-order valence-corrected chi connectivity index (χ2v) is 2.19. The van der Waals surface area contributed by atoms with Crippen LogP contribution >= 0.6 is 11.5 Å². The number of hydrogen-bond acceptors (Lipinski definition) is 6. The highest BCUT2D eigenvalue weighted by atomic mass is 32.1. The molecule has 0 radical (unpaired) electrons. The fourth-order valence-electron chi connectivity index (χ4n) is 0.400. The summed E-state index contributed by atoms with van der Waals surface area (Å²) >= 11 is 1.12. The quantitative estimate of drug-likeness (QED) is 0.489. The first kappa shape index (κ1) is 6.94. The molecule has 54 valence electrons. The van der Waals surface area contributed by atoms with Crippen molar-refractivity contribution in [3.8, 4) is 0 Å². The lowest BCUT2D eigenvalue weighted by Gasteiger charge is -1.80. The van der Waals surface area contributed by atoms with Crippen molar-refractivity contribution < 1.29 is 4.84 Å². The van der Waals surface area contributed by atoms with Crippen molar-refractivity contribution in [2.45, 2.75) is 0 Å². The summed E-state index contributed by atoms with van der Waals surface area (Å²) in [6, 6.07) is 0. The summed E-state index contributed by atoms with van der Waals surface area (Å²) in [4.78, 5) is 8.21. The predicted octanol–water partition coefficient (Wildman–Crippen LogP) is 0.101. The zero-order valence-electron chi connectivity index (χ0n) is 5.31. The van der Waals surface area contributed by atoms with Gasteiger partial charge in [0, 0.05) is 11.5 Å². The fourth-order valence-corrected chi connectivity index (χ4v) is 0.809. The van der Waals surface area contributed by atoms with Gasteiger partial charge in [-0.1, -0.05) is 5.16 Å². The minimum Gasteiger partial charge on any atom is -0.399 e. The third kappa shape index (κ3) is 1.66. The smallest absolute Gasteiger partial charge is 0.200 e. The Morgan fingerprint density at radius 1 is 1.80 bits per heavy atom. The van der Waals surface area contributed by atoms with Crippen LogP contribution in [-0.2, 0) is 4.84 Å². The largest absolute Gasteiger partial charge is 0.399 e. The standard InChI is InChI=1S/C4H6N4OS/c1-9-6-2-3-7-4(5)10-8-3/h2H,1H3,(H2,5,7,8)/b6-2+. The molecule has 0 saturated carbocycles. The van der Waals surface area contributed by atoms with E-state index >= 15 is 0 Å². The lowest BCUT2D eigenvalue weighted by molar-refractivity contribution is 0.215. The van der Waals surface area contributed by atoms with E-state index in [2.05, 4.69) is 19.4 Å². The predicted molar refractivity (Wildman–Crippen MR) is 38.9 cm³/mol. The Hall–Kier alpha value is -1.17. The summed E-state index contributed by atoms with van der Waals surface area (Å²) in [7, 11) is 1.45. The van der Waals surface area contributed by atoms with Crippen LogP contribution in [0.2, 0.25) is 0 Å².